The Morgan fingerprint density at radius 3 is 1.66 bits per heavy atom. The largest absolute Gasteiger partial charge is 0.480 e. The van der Waals surface area contributed by atoms with Crippen molar-refractivity contribution in [1.29, 1.82) is 0 Å². The summed E-state index contributed by atoms with van der Waals surface area (Å²) in [5.74, 6) is -1.79. The van der Waals surface area contributed by atoms with Gasteiger partial charge in [0.25, 0.3) is 0 Å². The number of carboxylic acid groups (broad SMARTS) is 1. The van der Waals surface area contributed by atoms with Gasteiger partial charge in [-0.05, 0) is 44.9 Å². The Morgan fingerprint density at radius 2 is 1.10 bits per heavy atom. The van der Waals surface area contributed by atoms with Crippen LogP contribution in [0.1, 0.15) is 174 Å². The standard InChI is InChI=1S/C39H74NO9P/c1-3-5-7-9-11-13-15-17-18-19-21-23-25-27-29-31-38(41)49-36(34-47-50(44,45)48-35-37(40)39(42)43)33-46-32-30-28-26-24-22-20-16-14-12-10-8-6-4-2/h11,13,17-18,36-37H,3-10,12,14-16,19-35,40H2,1-2H3,(H,42,43)(H,44,45)/b13-11-,18-17-. The first kappa shape index (κ1) is 48.5. The topological polar surface area (TPSA) is 155 Å². The number of rotatable bonds is 38. The maximum atomic E-state index is 12.6. The van der Waals surface area contributed by atoms with Gasteiger partial charge < -0.3 is 25.2 Å². The number of ether oxygens (including phenoxy) is 2. The summed E-state index contributed by atoms with van der Waals surface area (Å²) in [6.45, 7) is 3.84. The molecule has 10 nitrogen and oxygen atoms in total. The summed E-state index contributed by atoms with van der Waals surface area (Å²) >= 11 is 0. The van der Waals surface area contributed by atoms with Crippen LogP contribution in [-0.2, 0) is 32.7 Å². The Balaban J connectivity index is 4.31. The number of carboxylic acids is 1. The van der Waals surface area contributed by atoms with E-state index in [0.29, 0.717) is 13.0 Å². The molecular formula is C39H74NO9P. The number of carbonyl (C=O) groups excluding carboxylic acids is 1. The average molecular weight is 732 g/mol. The van der Waals surface area contributed by atoms with E-state index in [2.05, 4.69) is 38.2 Å². The third-order valence-electron chi connectivity index (χ3n) is 8.48. The zero-order valence-electron chi connectivity index (χ0n) is 31.7. The molecule has 3 atom stereocenters. The second-order valence-electron chi connectivity index (χ2n) is 13.4. The van der Waals surface area contributed by atoms with Crippen molar-refractivity contribution in [3.63, 3.8) is 0 Å². The minimum absolute atomic E-state index is 0.0147. The van der Waals surface area contributed by atoms with Gasteiger partial charge in [0.2, 0.25) is 0 Å². The van der Waals surface area contributed by atoms with Crippen molar-refractivity contribution in [3.05, 3.63) is 24.3 Å². The van der Waals surface area contributed by atoms with Crippen LogP contribution in [0.3, 0.4) is 0 Å². The van der Waals surface area contributed by atoms with Gasteiger partial charge in [-0.2, -0.15) is 0 Å². The van der Waals surface area contributed by atoms with Crippen LogP contribution >= 0.6 is 7.82 Å². The van der Waals surface area contributed by atoms with Gasteiger partial charge in [-0.25, -0.2) is 4.57 Å². The van der Waals surface area contributed by atoms with E-state index < -0.39 is 45.1 Å². The molecule has 0 saturated carbocycles. The Kier molecular flexibility index (Phi) is 34.7. The van der Waals surface area contributed by atoms with Crippen molar-refractivity contribution in [2.45, 2.75) is 187 Å². The zero-order chi connectivity index (χ0) is 37.0. The van der Waals surface area contributed by atoms with Crippen molar-refractivity contribution >= 4 is 19.8 Å². The quantitative estimate of drug-likeness (QED) is 0.0242. The number of allylic oxidation sites excluding steroid dienone is 4. The minimum Gasteiger partial charge on any atom is -0.480 e. The molecule has 0 aromatic rings. The molecule has 0 aromatic carbocycles. The molecule has 0 rings (SSSR count). The Labute approximate surface area is 304 Å². The Bertz CT molecular complexity index is 899. The molecule has 50 heavy (non-hydrogen) atoms. The maximum absolute atomic E-state index is 12.6. The number of unbranched alkanes of at least 4 members (excludes halogenated alkanes) is 20. The van der Waals surface area contributed by atoms with Gasteiger partial charge in [0.05, 0.1) is 19.8 Å². The maximum Gasteiger partial charge on any atom is 0.472 e. The fourth-order valence-electron chi connectivity index (χ4n) is 5.34. The monoisotopic (exact) mass is 732 g/mol. The molecule has 3 unspecified atom stereocenters. The number of phosphoric acid groups is 1. The lowest BCUT2D eigenvalue weighted by atomic mass is 10.0. The van der Waals surface area contributed by atoms with E-state index in [4.69, 9.17) is 29.4 Å². The number of esters is 1. The molecule has 0 fully saturated rings. The third kappa shape index (κ3) is 34.9. The molecule has 0 amide bonds. The molecule has 0 aromatic heterocycles. The number of phosphoric ester groups is 1. The van der Waals surface area contributed by atoms with Gasteiger partial charge in [0, 0.05) is 13.0 Å². The summed E-state index contributed by atoms with van der Waals surface area (Å²) in [5.41, 5.74) is 5.34. The number of aliphatic carboxylic acids is 1. The molecule has 0 radical (unpaired) electrons. The van der Waals surface area contributed by atoms with E-state index in [0.717, 1.165) is 57.8 Å². The molecule has 0 spiro atoms. The summed E-state index contributed by atoms with van der Waals surface area (Å²) in [6.07, 6.45) is 36.5. The molecule has 0 bridgehead atoms. The minimum atomic E-state index is -4.61. The Hall–Kier alpha value is -1.55. The molecule has 0 saturated heterocycles. The van der Waals surface area contributed by atoms with Gasteiger partial charge in [-0.15, -0.1) is 0 Å². The van der Waals surface area contributed by atoms with Gasteiger partial charge in [-0.1, -0.05) is 147 Å². The van der Waals surface area contributed by atoms with Crippen LogP contribution in [-0.4, -0.2) is 60.5 Å². The molecule has 0 heterocycles. The molecular weight excluding hydrogens is 657 g/mol. The highest BCUT2D eigenvalue weighted by atomic mass is 31.2. The molecule has 11 heteroatoms. The fraction of sp³-hybridized carbons (Fsp3) is 0.846. The fourth-order valence-corrected chi connectivity index (χ4v) is 6.12. The zero-order valence-corrected chi connectivity index (χ0v) is 32.6. The second kappa shape index (κ2) is 35.8. The normalized spacial score (nSPS) is 14.3. The van der Waals surface area contributed by atoms with Crippen LogP contribution < -0.4 is 5.73 Å². The van der Waals surface area contributed by atoms with Crippen LogP contribution in [0.4, 0.5) is 0 Å². The van der Waals surface area contributed by atoms with Gasteiger partial charge >= 0.3 is 19.8 Å². The summed E-state index contributed by atoms with van der Waals surface area (Å²) in [7, 11) is -4.61. The first-order valence-corrected chi connectivity index (χ1v) is 21.4. The van der Waals surface area contributed by atoms with Crippen molar-refractivity contribution < 1.29 is 42.7 Å². The van der Waals surface area contributed by atoms with E-state index in [-0.39, 0.29) is 13.0 Å². The summed E-state index contributed by atoms with van der Waals surface area (Å²) in [5, 5.41) is 8.87. The predicted molar refractivity (Wildman–Crippen MR) is 203 cm³/mol. The van der Waals surface area contributed by atoms with Crippen molar-refractivity contribution in [3.8, 4) is 0 Å². The summed E-state index contributed by atoms with van der Waals surface area (Å²) in [4.78, 5) is 33.4. The van der Waals surface area contributed by atoms with Crippen LogP contribution in [0.25, 0.3) is 0 Å². The van der Waals surface area contributed by atoms with Crippen molar-refractivity contribution in [1.82, 2.24) is 0 Å². The van der Waals surface area contributed by atoms with E-state index >= 15 is 0 Å². The van der Waals surface area contributed by atoms with E-state index in [9.17, 15) is 19.0 Å². The van der Waals surface area contributed by atoms with Gasteiger partial charge in [0.15, 0.2) is 0 Å². The predicted octanol–water partition coefficient (Wildman–Crippen LogP) is 10.4. The van der Waals surface area contributed by atoms with Crippen LogP contribution in [0, 0.1) is 0 Å². The number of hydrogen-bond donors (Lipinski definition) is 3. The smallest absolute Gasteiger partial charge is 0.472 e. The van der Waals surface area contributed by atoms with E-state index in [1.165, 1.54) is 89.9 Å². The lowest BCUT2D eigenvalue weighted by Gasteiger charge is -2.20. The number of hydrogen-bond acceptors (Lipinski definition) is 8. The highest BCUT2D eigenvalue weighted by molar-refractivity contribution is 7.47. The van der Waals surface area contributed by atoms with E-state index in [1.807, 2.05) is 0 Å². The number of nitrogens with two attached hydrogens (primary N) is 1. The molecule has 4 N–H and O–H groups in total. The SMILES string of the molecule is CCCCC/C=C\C/C=C\CCCCCCCC(=O)OC(COCCCCCCCCCCCCCCC)COP(=O)(O)OCC(N)C(=O)O. The Morgan fingerprint density at radius 1 is 0.640 bits per heavy atom. The average Bonchev–Trinajstić information content (AvgIpc) is 3.09. The molecule has 294 valence electrons. The highest BCUT2D eigenvalue weighted by Gasteiger charge is 2.27. The number of carbonyl (C=O) groups is 2. The first-order valence-electron chi connectivity index (χ1n) is 19.9. The molecule has 0 aliphatic carbocycles. The molecule has 0 aliphatic heterocycles. The van der Waals surface area contributed by atoms with Gasteiger partial charge in [-0.3, -0.25) is 18.6 Å². The highest BCUT2D eigenvalue weighted by Crippen LogP contribution is 2.43. The third-order valence-corrected chi connectivity index (χ3v) is 9.43. The van der Waals surface area contributed by atoms with Crippen molar-refractivity contribution in [2.24, 2.45) is 5.73 Å². The van der Waals surface area contributed by atoms with Gasteiger partial charge in [0.1, 0.15) is 12.1 Å². The van der Waals surface area contributed by atoms with Crippen LogP contribution in [0.2, 0.25) is 0 Å². The van der Waals surface area contributed by atoms with Crippen LogP contribution in [0.15, 0.2) is 24.3 Å². The molecule has 0 aliphatic rings. The summed E-state index contributed by atoms with van der Waals surface area (Å²) < 4.78 is 33.2. The lowest BCUT2D eigenvalue weighted by molar-refractivity contribution is -0.154. The van der Waals surface area contributed by atoms with Crippen molar-refractivity contribution in [2.75, 3.05) is 26.4 Å². The second-order valence-corrected chi connectivity index (χ2v) is 14.9. The van der Waals surface area contributed by atoms with Crippen LogP contribution in [0.5, 0.6) is 0 Å². The summed E-state index contributed by atoms with van der Waals surface area (Å²) in [6, 6.07) is -1.47. The lowest BCUT2D eigenvalue weighted by Crippen LogP contribution is -2.34. The first-order chi connectivity index (χ1) is 24.2. The van der Waals surface area contributed by atoms with E-state index in [1.54, 1.807) is 0 Å².